The maximum absolute atomic E-state index is 11.5. The van der Waals surface area contributed by atoms with Crippen molar-refractivity contribution in [1.82, 2.24) is 15.0 Å². The molecule has 2 heterocycles. The van der Waals surface area contributed by atoms with Crippen LogP contribution in [-0.4, -0.2) is 20.1 Å². The molecule has 2 aromatic heterocycles. The molecule has 5 heteroatoms. The Hall–Kier alpha value is -3.70. The van der Waals surface area contributed by atoms with E-state index >= 15 is 0 Å². The number of benzene rings is 4. The molecule has 0 saturated carbocycles. The third kappa shape index (κ3) is 3.19. The molecule has 1 N–H and O–H groups in total. The van der Waals surface area contributed by atoms with Crippen molar-refractivity contribution in [3.05, 3.63) is 84.4 Å². The molecule has 0 saturated heterocycles. The number of aromatic hydroxyl groups is 1. The number of aromatic nitrogens is 3. The maximum Gasteiger partial charge on any atom is 0.150 e. The molecule has 0 aliphatic carbocycles. The fraction of sp³-hybridized carbons (Fsp3) is 0.143. The second-order valence-corrected chi connectivity index (χ2v) is 10.5. The van der Waals surface area contributed by atoms with Crippen LogP contribution in [0, 0.1) is 0 Å². The van der Waals surface area contributed by atoms with Crippen molar-refractivity contribution in [2.75, 3.05) is 0 Å². The molecule has 0 bridgehead atoms. The van der Waals surface area contributed by atoms with Gasteiger partial charge in [-0.25, -0.2) is 0 Å². The average Bonchev–Trinajstić information content (AvgIpc) is 3.40. The Morgan fingerprint density at radius 3 is 2.15 bits per heavy atom. The van der Waals surface area contributed by atoms with Gasteiger partial charge in [0, 0.05) is 31.3 Å². The Balaban J connectivity index is 1.66. The van der Waals surface area contributed by atoms with Crippen LogP contribution in [0.3, 0.4) is 0 Å². The topological polar surface area (TPSA) is 50.9 Å². The summed E-state index contributed by atoms with van der Waals surface area (Å²) >= 11 is 1.76. The van der Waals surface area contributed by atoms with E-state index < -0.39 is 0 Å². The van der Waals surface area contributed by atoms with Crippen LogP contribution in [0.5, 0.6) is 5.75 Å². The van der Waals surface area contributed by atoms with Crippen LogP contribution in [0.1, 0.15) is 26.3 Å². The van der Waals surface area contributed by atoms with Gasteiger partial charge in [-0.3, -0.25) is 0 Å². The zero-order valence-electron chi connectivity index (χ0n) is 18.7. The van der Waals surface area contributed by atoms with E-state index in [1.54, 1.807) is 16.1 Å². The van der Waals surface area contributed by atoms with Gasteiger partial charge in [-0.05, 0) is 41.3 Å². The standard InChI is InChI=1S/C28H23N3OS/c1-28(2,3)17-15-21(20-11-8-10-19-18-9-4-7-14-25(18)33-27(19)20)26(32)24(16-17)31-29-22-12-5-6-13-23(22)30-31/h4-16,32H,1-3H3. The van der Waals surface area contributed by atoms with Crippen molar-refractivity contribution in [3.8, 4) is 22.6 Å². The Morgan fingerprint density at radius 1 is 0.758 bits per heavy atom. The van der Waals surface area contributed by atoms with Crippen LogP contribution in [0.2, 0.25) is 0 Å². The van der Waals surface area contributed by atoms with Gasteiger partial charge in [-0.1, -0.05) is 69.3 Å². The molecule has 33 heavy (non-hydrogen) atoms. The average molecular weight is 450 g/mol. The summed E-state index contributed by atoms with van der Waals surface area (Å²) in [6.07, 6.45) is 0. The molecule has 162 valence electrons. The van der Waals surface area contributed by atoms with E-state index in [-0.39, 0.29) is 11.2 Å². The predicted octanol–water partition coefficient (Wildman–Crippen LogP) is 7.46. The Labute approximate surface area is 195 Å². The van der Waals surface area contributed by atoms with Gasteiger partial charge in [-0.15, -0.1) is 26.3 Å². The highest BCUT2D eigenvalue weighted by atomic mass is 32.1. The van der Waals surface area contributed by atoms with Crippen molar-refractivity contribution in [2.45, 2.75) is 26.2 Å². The fourth-order valence-electron chi connectivity index (χ4n) is 4.34. The number of phenolic OH excluding ortho intramolecular Hbond substituents is 1. The van der Waals surface area contributed by atoms with Gasteiger partial charge in [0.15, 0.2) is 5.75 Å². The van der Waals surface area contributed by atoms with Gasteiger partial charge < -0.3 is 5.11 Å². The predicted molar refractivity (Wildman–Crippen MR) is 138 cm³/mol. The van der Waals surface area contributed by atoms with Gasteiger partial charge in [0.1, 0.15) is 16.7 Å². The van der Waals surface area contributed by atoms with Crippen molar-refractivity contribution in [3.63, 3.8) is 0 Å². The van der Waals surface area contributed by atoms with Gasteiger partial charge in [-0.2, -0.15) is 0 Å². The van der Waals surface area contributed by atoms with Gasteiger partial charge in [0.2, 0.25) is 0 Å². The summed E-state index contributed by atoms with van der Waals surface area (Å²) in [5.74, 6) is 0.188. The number of phenols is 1. The molecule has 4 aromatic carbocycles. The second kappa shape index (κ2) is 7.15. The lowest BCUT2D eigenvalue weighted by atomic mass is 9.84. The molecule has 0 unspecified atom stereocenters. The van der Waals surface area contributed by atoms with Gasteiger partial charge >= 0.3 is 0 Å². The lowest BCUT2D eigenvalue weighted by Crippen LogP contribution is -2.13. The minimum absolute atomic E-state index is 0.113. The molecular formula is C28H23N3OS. The highest BCUT2D eigenvalue weighted by molar-refractivity contribution is 7.26. The van der Waals surface area contributed by atoms with Crippen LogP contribution in [0.15, 0.2) is 78.9 Å². The smallest absolute Gasteiger partial charge is 0.150 e. The van der Waals surface area contributed by atoms with E-state index in [4.69, 9.17) is 0 Å². The first-order chi connectivity index (χ1) is 15.9. The molecule has 0 aliphatic rings. The lowest BCUT2D eigenvalue weighted by Gasteiger charge is -2.22. The Bertz CT molecular complexity index is 1640. The summed E-state index contributed by atoms with van der Waals surface area (Å²) in [7, 11) is 0. The van der Waals surface area contributed by atoms with E-state index in [1.807, 2.05) is 30.3 Å². The number of hydrogen-bond acceptors (Lipinski definition) is 4. The molecule has 4 nitrogen and oxygen atoms in total. The number of rotatable bonds is 2. The minimum atomic E-state index is -0.113. The quantitative estimate of drug-likeness (QED) is 0.298. The molecular weight excluding hydrogens is 426 g/mol. The van der Waals surface area contributed by atoms with Crippen LogP contribution >= 0.6 is 11.3 Å². The molecule has 0 fully saturated rings. The molecule has 0 atom stereocenters. The number of thiophene rings is 1. The lowest BCUT2D eigenvalue weighted by molar-refractivity contribution is 0.468. The number of fused-ring (bicyclic) bond motifs is 4. The van der Waals surface area contributed by atoms with Gasteiger partial charge in [0.25, 0.3) is 0 Å². The molecule has 0 amide bonds. The number of hydrogen-bond donors (Lipinski definition) is 1. The van der Waals surface area contributed by atoms with Crippen LogP contribution < -0.4 is 0 Å². The van der Waals surface area contributed by atoms with E-state index in [2.05, 4.69) is 79.5 Å². The van der Waals surface area contributed by atoms with Crippen molar-refractivity contribution >= 4 is 42.5 Å². The maximum atomic E-state index is 11.5. The zero-order chi connectivity index (χ0) is 22.7. The molecule has 0 radical (unpaired) electrons. The summed E-state index contributed by atoms with van der Waals surface area (Å²) in [5.41, 5.74) is 5.01. The van der Waals surface area contributed by atoms with Crippen LogP contribution in [-0.2, 0) is 5.41 Å². The number of nitrogens with zero attached hydrogens (tertiary/aromatic N) is 3. The SMILES string of the molecule is CC(C)(C)c1cc(-c2cccc3c2sc2ccccc23)c(O)c(-n2nc3ccccc3n2)c1. The zero-order valence-corrected chi connectivity index (χ0v) is 19.5. The first kappa shape index (κ1) is 19.9. The normalized spacial score (nSPS) is 12.2. The molecule has 6 aromatic rings. The monoisotopic (exact) mass is 449 g/mol. The highest BCUT2D eigenvalue weighted by Gasteiger charge is 2.23. The van der Waals surface area contributed by atoms with Crippen molar-refractivity contribution < 1.29 is 5.11 Å². The second-order valence-electron chi connectivity index (χ2n) is 9.40. The van der Waals surface area contributed by atoms with Crippen LogP contribution in [0.25, 0.3) is 48.0 Å². The highest BCUT2D eigenvalue weighted by Crippen LogP contribution is 2.45. The summed E-state index contributed by atoms with van der Waals surface area (Å²) in [6, 6.07) is 26.6. The Kier molecular flexibility index (Phi) is 4.32. The third-order valence-corrected chi connectivity index (χ3v) is 7.37. The van der Waals surface area contributed by atoms with E-state index in [0.29, 0.717) is 5.69 Å². The third-order valence-electron chi connectivity index (χ3n) is 6.15. The summed E-state index contributed by atoms with van der Waals surface area (Å²) < 4.78 is 2.41. The molecule has 6 rings (SSSR count). The first-order valence-corrected chi connectivity index (χ1v) is 11.8. The van der Waals surface area contributed by atoms with Crippen LogP contribution in [0.4, 0.5) is 0 Å². The van der Waals surface area contributed by atoms with Crippen molar-refractivity contribution in [2.24, 2.45) is 0 Å². The van der Waals surface area contributed by atoms with E-state index in [0.717, 1.165) is 27.7 Å². The summed E-state index contributed by atoms with van der Waals surface area (Å²) in [6.45, 7) is 6.54. The fourth-order valence-corrected chi connectivity index (χ4v) is 5.57. The van der Waals surface area contributed by atoms with Gasteiger partial charge in [0.05, 0.1) is 0 Å². The van der Waals surface area contributed by atoms with E-state index in [1.165, 1.54) is 20.2 Å². The first-order valence-electron chi connectivity index (χ1n) is 11.0. The molecule has 0 aliphatic heterocycles. The summed E-state index contributed by atoms with van der Waals surface area (Å²) in [4.78, 5) is 1.56. The Morgan fingerprint density at radius 2 is 1.42 bits per heavy atom. The van der Waals surface area contributed by atoms with E-state index in [9.17, 15) is 5.11 Å². The summed E-state index contributed by atoms with van der Waals surface area (Å²) in [5, 5.41) is 23.3. The van der Waals surface area contributed by atoms with Crippen molar-refractivity contribution in [1.29, 1.82) is 0 Å². The molecule has 0 spiro atoms. The minimum Gasteiger partial charge on any atom is -0.505 e. The largest absolute Gasteiger partial charge is 0.505 e.